The minimum Gasteiger partial charge on any atom is -0.497 e. The van der Waals surface area contributed by atoms with Crippen molar-refractivity contribution < 1.29 is 33.1 Å². The van der Waals surface area contributed by atoms with Crippen LogP contribution in [0.25, 0.3) is 11.1 Å². The number of nitro groups is 1. The van der Waals surface area contributed by atoms with Gasteiger partial charge < -0.3 is 30.0 Å². The first-order valence-corrected chi connectivity index (χ1v) is 16.8. The number of hydrogen-bond acceptors (Lipinski definition) is 7. The lowest BCUT2D eigenvalue weighted by Crippen LogP contribution is -2.42. The number of aromatic nitrogens is 2. The fraction of sp³-hybridized carbons (Fsp3) is 0.407. The van der Waals surface area contributed by atoms with Gasteiger partial charge in [0.2, 0.25) is 0 Å². The van der Waals surface area contributed by atoms with E-state index < -0.39 is 49.1 Å². The van der Waals surface area contributed by atoms with Crippen LogP contribution in [0.4, 0.5) is 25.1 Å². The Balaban J connectivity index is 1.54. The summed E-state index contributed by atoms with van der Waals surface area (Å²) in [5.74, 6) is -1.63. The number of methoxy groups -OCH3 is 1. The number of aliphatic hydroxyl groups excluding tert-OH is 1. The molecule has 0 radical (unpaired) electrons. The Morgan fingerprint density at radius 3 is 2.63 bits per heavy atom. The van der Waals surface area contributed by atoms with Gasteiger partial charge in [0.15, 0.2) is 6.73 Å². The molecule has 2 heterocycles. The Morgan fingerprint density at radius 2 is 1.98 bits per heavy atom. The van der Waals surface area contributed by atoms with Crippen LogP contribution in [0.1, 0.15) is 17.2 Å². The highest BCUT2D eigenvalue weighted by Crippen LogP contribution is 2.38. The molecule has 0 saturated carbocycles. The second-order valence-corrected chi connectivity index (χ2v) is 16.6. The molecule has 0 bridgehead atoms. The van der Waals surface area contributed by atoms with Gasteiger partial charge in [-0.3, -0.25) is 4.90 Å². The van der Waals surface area contributed by atoms with Gasteiger partial charge in [-0.05, 0) is 52.8 Å². The zero-order valence-corrected chi connectivity index (χ0v) is 24.3. The minimum absolute atomic E-state index is 0.00492. The van der Waals surface area contributed by atoms with Crippen LogP contribution in [0.3, 0.4) is 0 Å². The van der Waals surface area contributed by atoms with E-state index in [1.807, 2.05) is 0 Å². The first kappa shape index (κ1) is 30.1. The summed E-state index contributed by atoms with van der Waals surface area (Å²) in [6.45, 7) is 6.82. The molecule has 0 aliphatic carbocycles. The summed E-state index contributed by atoms with van der Waals surface area (Å²) in [6.07, 6.45) is 1.76. The third-order valence-corrected chi connectivity index (χ3v) is 8.45. The lowest BCUT2D eigenvalue weighted by molar-refractivity contribution is -0.389. The van der Waals surface area contributed by atoms with Crippen molar-refractivity contribution >= 4 is 25.6 Å². The number of aliphatic hydroxyl groups is 1. The standard InChI is InChI=1S/C27H33F2N5O6Si/c1-39-20-10-18(9-19(28)12-20)24(15-35)30-27(36)33-6-5-17-11-21(23(29)13-25(17)33)22-14-32(31-26(22)34(37)38)16-40-7-8-41(2,3)4/h9-14,24,35H,5-8,15-16H2,1-4H3,(H,30,36)/t24-/m1/s1. The van der Waals surface area contributed by atoms with Gasteiger partial charge in [-0.15, -0.1) is 0 Å². The predicted molar refractivity (Wildman–Crippen MR) is 151 cm³/mol. The van der Waals surface area contributed by atoms with E-state index in [0.717, 1.165) is 12.1 Å². The summed E-state index contributed by atoms with van der Waals surface area (Å²) >= 11 is 0. The third kappa shape index (κ3) is 7.07. The average Bonchev–Trinajstić information content (AvgIpc) is 3.52. The van der Waals surface area contributed by atoms with Crippen LogP contribution < -0.4 is 15.0 Å². The van der Waals surface area contributed by atoms with Crippen molar-refractivity contribution in [2.45, 2.75) is 44.9 Å². The van der Waals surface area contributed by atoms with Gasteiger partial charge in [0.1, 0.15) is 22.9 Å². The maximum atomic E-state index is 15.4. The number of rotatable bonds is 11. The summed E-state index contributed by atoms with van der Waals surface area (Å²) in [6, 6.07) is 5.85. The third-order valence-electron chi connectivity index (χ3n) is 6.75. The molecule has 4 rings (SSSR count). The first-order valence-electron chi connectivity index (χ1n) is 13.1. The van der Waals surface area contributed by atoms with Crippen LogP contribution in [0.15, 0.2) is 36.5 Å². The second kappa shape index (κ2) is 12.3. The lowest BCUT2D eigenvalue weighted by Gasteiger charge is -2.23. The van der Waals surface area contributed by atoms with Crippen LogP contribution in [0.5, 0.6) is 5.75 Å². The molecule has 2 amide bonds. The molecule has 1 aliphatic rings. The van der Waals surface area contributed by atoms with Crippen molar-refractivity contribution in [1.82, 2.24) is 15.1 Å². The molecule has 220 valence electrons. The molecule has 14 heteroatoms. The van der Waals surface area contributed by atoms with Crippen LogP contribution >= 0.6 is 0 Å². The minimum atomic E-state index is -1.32. The van der Waals surface area contributed by atoms with Crippen LogP contribution in [-0.2, 0) is 17.9 Å². The van der Waals surface area contributed by atoms with Gasteiger partial charge in [0.25, 0.3) is 0 Å². The molecule has 0 unspecified atom stereocenters. The second-order valence-electron chi connectivity index (χ2n) is 11.0. The Morgan fingerprint density at radius 1 is 1.22 bits per heavy atom. The number of nitrogens with one attached hydrogen (secondary N) is 1. The zero-order chi connectivity index (χ0) is 29.9. The number of benzene rings is 2. The molecule has 0 fully saturated rings. The van der Waals surface area contributed by atoms with Crippen molar-refractivity contribution in [1.29, 1.82) is 0 Å². The predicted octanol–water partition coefficient (Wildman–Crippen LogP) is 4.86. The number of ether oxygens (including phenoxy) is 2. The van der Waals surface area contributed by atoms with Gasteiger partial charge in [-0.25, -0.2) is 13.6 Å². The van der Waals surface area contributed by atoms with Gasteiger partial charge >= 0.3 is 11.8 Å². The molecule has 3 aromatic rings. The van der Waals surface area contributed by atoms with Gasteiger partial charge in [-0.1, -0.05) is 19.6 Å². The van der Waals surface area contributed by atoms with E-state index in [4.69, 9.17) is 9.47 Å². The maximum absolute atomic E-state index is 15.4. The van der Waals surface area contributed by atoms with E-state index in [0.29, 0.717) is 29.8 Å². The Labute approximate surface area is 236 Å². The number of fused-ring (bicyclic) bond motifs is 1. The number of hydrogen-bond donors (Lipinski definition) is 2. The highest BCUT2D eigenvalue weighted by atomic mass is 28.3. The SMILES string of the molecule is COc1cc(F)cc([C@@H](CO)NC(=O)N2CCc3cc(-c4cn(COCC[Si](C)(C)C)nc4[N+](=O)[O-])c(F)cc32)c1. The number of halogens is 2. The number of carbonyl (C=O) groups excluding carboxylic acids is 1. The quantitative estimate of drug-likeness (QED) is 0.141. The molecule has 0 saturated heterocycles. The molecule has 1 aromatic heterocycles. The molecule has 2 aromatic carbocycles. The molecule has 0 spiro atoms. The van der Waals surface area contributed by atoms with Crippen molar-refractivity contribution in [3.05, 3.63) is 69.4 Å². The summed E-state index contributed by atoms with van der Waals surface area (Å²) in [4.78, 5) is 25.5. The molecular weight excluding hydrogens is 556 g/mol. The molecule has 41 heavy (non-hydrogen) atoms. The fourth-order valence-corrected chi connectivity index (χ4v) is 5.29. The Bertz CT molecular complexity index is 1440. The van der Waals surface area contributed by atoms with E-state index in [2.05, 4.69) is 30.1 Å². The van der Waals surface area contributed by atoms with Crippen molar-refractivity contribution in [3.63, 3.8) is 0 Å². The number of anilines is 1. The number of urea groups is 1. The van der Waals surface area contributed by atoms with Gasteiger partial charge in [0, 0.05) is 32.9 Å². The van der Waals surface area contributed by atoms with Gasteiger partial charge in [0.05, 0.1) is 36.7 Å². The smallest absolute Gasteiger partial charge is 0.398 e. The highest BCUT2D eigenvalue weighted by Gasteiger charge is 2.31. The van der Waals surface area contributed by atoms with E-state index in [1.165, 1.54) is 47.2 Å². The van der Waals surface area contributed by atoms with Crippen molar-refractivity contribution in [2.75, 3.05) is 31.8 Å². The lowest BCUT2D eigenvalue weighted by atomic mass is 10.0. The van der Waals surface area contributed by atoms with E-state index in [1.54, 1.807) is 0 Å². The Kier molecular flexibility index (Phi) is 9.04. The highest BCUT2D eigenvalue weighted by molar-refractivity contribution is 6.76. The molecule has 11 nitrogen and oxygen atoms in total. The van der Waals surface area contributed by atoms with Crippen LogP contribution in [0, 0.1) is 21.7 Å². The molecule has 1 aliphatic heterocycles. The summed E-state index contributed by atoms with van der Waals surface area (Å²) < 4.78 is 41.4. The Hall–Kier alpha value is -3.88. The fourth-order valence-electron chi connectivity index (χ4n) is 4.53. The van der Waals surface area contributed by atoms with Crippen molar-refractivity contribution in [3.8, 4) is 16.9 Å². The van der Waals surface area contributed by atoms with Crippen LogP contribution in [-0.4, -0.2) is 60.8 Å². The first-order chi connectivity index (χ1) is 19.4. The van der Waals surface area contributed by atoms with Gasteiger partial charge in [-0.2, -0.15) is 4.68 Å². The number of amides is 2. The van der Waals surface area contributed by atoms with E-state index in [-0.39, 0.29) is 30.2 Å². The summed E-state index contributed by atoms with van der Waals surface area (Å²) in [5.41, 5.74) is 1.20. The van der Waals surface area contributed by atoms with Crippen LogP contribution in [0.2, 0.25) is 25.7 Å². The zero-order valence-electron chi connectivity index (χ0n) is 23.3. The normalized spacial score (nSPS) is 13.7. The number of nitrogens with zero attached hydrogens (tertiary/aromatic N) is 4. The molecule has 1 atom stereocenters. The summed E-state index contributed by atoms with van der Waals surface area (Å²) in [7, 11) is 0.0574. The topological polar surface area (TPSA) is 132 Å². The largest absolute Gasteiger partial charge is 0.497 e. The number of carbonyl (C=O) groups is 1. The average molecular weight is 590 g/mol. The molecule has 2 N–H and O–H groups in total. The van der Waals surface area contributed by atoms with E-state index >= 15 is 4.39 Å². The van der Waals surface area contributed by atoms with E-state index in [9.17, 15) is 24.4 Å². The maximum Gasteiger partial charge on any atom is 0.398 e. The van der Waals surface area contributed by atoms with Crippen molar-refractivity contribution in [2.24, 2.45) is 0 Å². The summed E-state index contributed by atoms with van der Waals surface area (Å²) in [5, 5.41) is 28.2. The molecular formula is C27H33F2N5O6Si. The monoisotopic (exact) mass is 589 g/mol.